The molecule has 0 saturated carbocycles. The van der Waals surface area contributed by atoms with E-state index in [9.17, 15) is 13.2 Å². The van der Waals surface area contributed by atoms with Crippen LogP contribution >= 0.6 is 27.3 Å². The van der Waals surface area contributed by atoms with Crippen molar-refractivity contribution in [1.29, 1.82) is 0 Å². The predicted molar refractivity (Wildman–Crippen MR) is 131 cm³/mol. The number of nitrogens with zero attached hydrogens (tertiary/aromatic N) is 2. The zero-order chi connectivity index (χ0) is 22.6. The molecule has 3 heterocycles. The van der Waals surface area contributed by atoms with Crippen LogP contribution in [-0.4, -0.2) is 62.4 Å². The van der Waals surface area contributed by atoms with Gasteiger partial charge in [0.15, 0.2) is 0 Å². The Bertz CT molecular complexity index is 999. The molecule has 0 bridgehead atoms. The number of carbonyl (C=O) groups excluding carboxylic acids is 1. The molecular weight excluding hydrogens is 510 g/mol. The normalized spacial score (nSPS) is 19.7. The molecule has 1 amide bonds. The second-order valence-electron chi connectivity index (χ2n) is 8.58. The van der Waals surface area contributed by atoms with Gasteiger partial charge in [0.25, 0.3) is 10.0 Å². The first-order valence-electron chi connectivity index (χ1n) is 11.3. The Labute approximate surface area is 203 Å². The summed E-state index contributed by atoms with van der Waals surface area (Å²) in [5, 5.41) is 0. The molecule has 1 aromatic heterocycles. The van der Waals surface area contributed by atoms with Gasteiger partial charge < -0.3 is 9.80 Å². The standard InChI is InChI=1S/C23H30BrN3O3S2/c24-21-9-10-22(31-21)32(29,30)25-20(17-18-7-3-1-4-8-18)23(28)27-15-11-19(12-16-27)26-13-5-2-6-14-26/h1,3-4,7-10,19-20,25H,2,5-6,11-17H2/t20-/m1/s1. The highest BCUT2D eigenvalue weighted by Gasteiger charge is 2.33. The number of hydrogen-bond acceptors (Lipinski definition) is 5. The second-order valence-corrected chi connectivity index (χ2v) is 13.0. The summed E-state index contributed by atoms with van der Waals surface area (Å²) in [7, 11) is -3.79. The Morgan fingerprint density at radius 2 is 1.72 bits per heavy atom. The minimum absolute atomic E-state index is 0.134. The van der Waals surface area contributed by atoms with Crippen LogP contribution in [0.25, 0.3) is 0 Å². The first kappa shape index (κ1) is 23.9. The van der Waals surface area contributed by atoms with Crippen molar-refractivity contribution < 1.29 is 13.2 Å². The van der Waals surface area contributed by atoms with Gasteiger partial charge in [0.1, 0.15) is 10.3 Å². The number of amides is 1. The fourth-order valence-electron chi connectivity index (χ4n) is 4.67. The van der Waals surface area contributed by atoms with Crippen LogP contribution in [-0.2, 0) is 21.2 Å². The summed E-state index contributed by atoms with van der Waals surface area (Å²) in [4.78, 5) is 17.9. The van der Waals surface area contributed by atoms with Crippen LogP contribution in [0, 0.1) is 0 Å². The fraction of sp³-hybridized carbons (Fsp3) is 0.522. The van der Waals surface area contributed by atoms with Crippen LogP contribution in [0.2, 0.25) is 0 Å². The Morgan fingerprint density at radius 1 is 1.03 bits per heavy atom. The van der Waals surface area contributed by atoms with Gasteiger partial charge in [0.05, 0.1) is 3.79 Å². The lowest BCUT2D eigenvalue weighted by Gasteiger charge is -2.41. The van der Waals surface area contributed by atoms with E-state index in [1.807, 2.05) is 35.2 Å². The monoisotopic (exact) mass is 539 g/mol. The number of likely N-dealkylation sites (tertiary alicyclic amines) is 2. The van der Waals surface area contributed by atoms with Gasteiger partial charge in [-0.2, -0.15) is 4.72 Å². The summed E-state index contributed by atoms with van der Waals surface area (Å²) in [5.74, 6) is -0.134. The summed E-state index contributed by atoms with van der Waals surface area (Å²) < 4.78 is 29.6. The van der Waals surface area contributed by atoms with Gasteiger partial charge in [-0.05, 0) is 78.8 Å². The van der Waals surface area contributed by atoms with Crippen molar-refractivity contribution >= 4 is 43.2 Å². The maximum atomic E-state index is 13.5. The van der Waals surface area contributed by atoms with Crippen molar-refractivity contribution in [2.75, 3.05) is 26.2 Å². The number of nitrogens with one attached hydrogen (secondary N) is 1. The van der Waals surface area contributed by atoms with Gasteiger partial charge in [-0.1, -0.05) is 36.8 Å². The highest BCUT2D eigenvalue weighted by atomic mass is 79.9. The number of carbonyl (C=O) groups is 1. The lowest BCUT2D eigenvalue weighted by molar-refractivity contribution is -0.134. The van der Waals surface area contributed by atoms with Gasteiger partial charge >= 0.3 is 0 Å². The Kier molecular flexibility index (Phi) is 8.04. The molecule has 2 saturated heterocycles. The number of halogens is 1. The van der Waals surface area contributed by atoms with Gasteiger partial charge in [-0.3, -0.25) is 4.79 Å². The molecule has 4 rings (SSSR count). The number of hydrogen-bond donors (Lipinski definition) is 1. The molecule has 174 valence electrons. The average Bonchev–Trinajstić information content (AvgIpc) is 3.27. The fourth-order valence-corrected chi connectivity index (χ4v) is 7.89. The zero-order valence-electron chi connectivity index (χ0n) is 18.1. The van der Waals surface area contributed by atoms with Crippen LogP contribution in [0.5, 0.6) is 0 Å². The van der Waals surface area contributed by atoms with Crippen molar-refractivity contribution in [2.45, 2.75) is 54.8 Å². The smallest absolute Gasteiger partial charge is 0.250 e. The van der Waals surface area contributed by atoms with E-state index in [-0.39, 0.29) is 10.1 Å². The van der Waals surface area contributed by atoms with Gasteiger partial charge in [-0.25, -0.2) is 8.42 Å². The lowest BCUT2D eigenvalue weighted by atomic mass is 9.98. The highest BCUT2D eigenvalue weighted by molar-refractivity contribution is 9.11. The molecule has 0 aliphatic carbocycles. The topological polar surface area (TPSA) is 69.7 Å². The zero-order valence-corrected chi connectivity index (χ0v) is 21.3. The molecule has 32 heavy (non-hydrogen) atoms. The average molecular weight is 541 g/mol. The Hall–Kier alpha value is -1.26. The molecule has 2 fully saturated rings. The van der Waals surface area contributed by atoms with Gasteiger partial charge in [0.2, 0.25) is 5.91 Å². The number of thiophene rings is 1. The van der Waals surface area contributed by atoms with E-state index in [0.29, 0.717) is 25.6 Å². The lowest BCUT2D eigenvalue weighted by Crippen LogP contribution is -2.54. The van der Waals surface area contributed by atoms with Crippen LogP contribution < -0.4 is 4.72 Å². The van der Waals surface area contributed by atoms with E-state index >= 15 is 0 Å². The van der Waals surface area contributed by atoms with E-state index in [2.05, 4.69) is 25.6 Å². The molecule has 6 nitrogen and oxygen atoms in total. The molecule has 1 N–H and O–H groups in total. The van der Waals surface area contributed by atoms with Gasteiger partial charge in [-0.15, -0.1) is 11.3 Å². The van der Waals surface area contributed by atoms with Gasteiger partial charge in [0, 0.05) is 19.1 Å². The summed E-state index contributed by atoms with van der Waals surface area (Å²) in [5.41, 5.74) is 0.934. The molecule has 2 aliphatic heterocycles. The summed E-state index contributed by atoms with van der Waals surface area (Å²) in [6, 6.07) is 12.6. The SMILES string of the molecule is O=C([C@@H](Cc1ccccc1)NS(=O)(=O)c1ccc(Br)s1)N1CCC(N2CCCCC2)CC1. The number of sulfonamides is 1. The predicted octanol–water partition coefficient (Wildman–Crippen LogP) is 3.88. The Balaban J connectivity index is 1.46. The summed E-state index contributed by atoms with van der Waals surface area (Å²) >= 11 is 4.46. The molecule has 2 aromatic rings. The summed E-state index contributed by atoms with van der Waals surface area (Å²) in [6.45, 7) is 3.67. The molecular formula is C23H30BrN3O3S2. The first-order valence-corrected chi connectivity index (χ1v) is 14.4. The van der Waals surface area contributed by atoms with E-state index in [4.69, 9.17) is 0 Å². The molecule has 2 aliphatic rings. The van der Waals surface area contributed by atoms with Crippen molar-refractivity contribution in [1.82, 2.24) is 14.5 Å². The van der Waals surface area contributed by atoms with Crippen LogP contribution in [0.1, 0.15) is 37.7 Å². The molecule has 0 radical (unpaired) electrons. The third-order valence-electron chi connectivity index (χ3n) is 6.37. The maximum Gasteiger partial charge on any atom is 0.250 e. The third-order valence-corrected chi connectivity index (χ3v) is 9.96. The van der Waals surface area contributed by atoms with Crippen molar-refractivity contribution in [3.63, 3.8) is 0 Å². The van der Waals surface area contributed by atoms with Crippen molar-refractivity contribution in [2.24, 2.45) is 0 Å². The number of piperidine rings is 2. The van der Waals surface area contributed by atoms with Crippen molar-refractivity contribution in [3.8, 4) is 0 Å². The molecule has 1 aromatic carbocycles. The first-order chi connectivity index (χ1) is 15.4. The minimum atomic E-state index is -3.79. The van der Waals surface area contributed by atoms with E-state index < -0.39 is 16.1 Å². The second kappa shape index (κ2) is 10.8. The summed E-state index contributed by atoms with van der Waals surface area (Å²) in [6.07, 6.45) is 6.08. The van der Waals surface area contributed by atoms with E-state index in [1.165, 1.54) is 19.3 Å². The number of rotatable bonds is 7. The highest BCUT2D eigenvalue weighted by Crippen LogP contribution is 2.27. The molecule has 0 unspecified atom stereocenters. The minimum Gasteiger partial charge on any atom is -0.341 e. The maximum absolute atomic E-state index is 13.5. The van der Waals surface area contributed by atoms with E-state index in [0.717, 1.165) is 46.6 Å². The largest absolute Gasteiger partial charge is 0.341 e. The number of benzene rings is 1. The van der Waals surface area contributed by atoms with Crippen LogP contribution in [0.4, 0.5) is 0 Å². The molecule has 0 spiro atoms. The van der Waals surface area contributed by atoms with Crippen LogP contribution in [0.3, 0.4) is 0 Å². The molecule has 9 heteroatoms. The molecule has 1 atom stereocenters. The Morgan fingerprint density at radius 3 is 2.34 bits per heavy atom. The van der Waals surface area contributed by atoms with Crippen LogP contribution in [0.15, 0.2) is 50.5 Å². The quantitative estimate of drug-likeness (QED) is 0.579. The van der Waals surface area contributed by atoms with Crippen molar-refractivity contribution in [3.05, 3.63) is 51.8 Å². The van der Waals surface area contributed by atoms with E-state index in [1.54, 1.807) is 12.1 Å². The third kappa shape index (κ3) is 5.99.